The zero-order chi connectivity index (χ0) is 39.5. The second kappa shape index (κ2) is 13.8. The molecule has 0 amide bonds. The van der Waals surface area contributed by atoms with Crippen molar-refractivity contribution in [2.24, 2.45) is 9.98 Å². The molecule has 5 heterocycles. The summed E-state index contributed by atoms with van der Waals surface area (Å²) >= 11 is 0. The van der Waals surface area contributed by atoms with Crippen LogP contribution in [-0.4, -0.2) is 31.5 Å². The largest absolute Gasteiger partial charge is 0.254 e. The number of aliphatic imine (C=N–C) groups is 2. The van der Waals surface area contributed by atoms with E-state index in [1.807, 2.05) is 115 Å². The third kappa shape index (κ3) is 6.30. The molecule has 1 aliphatic heterocycles. The van der Waals surface area contributed by atoms with Crippen LogP contribution in [0.3, 0.4) is 0 Å². The van der Waals surface area contributed by atoms with Crippen molar-refractivity contribution in [3.63, 3.8) is 0 Å². The van der Waals surface area contributed by atoms with Gasteiger partial charge in [-0.3, -0.25) is 19.9 Å². The van der Waals surface area contributed by atoms with E-state index in [0.29, 0.717) is 39.5 Å². The van der Waals surface area contributed by atoms with E-state index in [2.05, 4.69) is 15.7 Å². The highest BCUT2D eigenvalue weighted by Crippen LogP contribution is 2.32. The van der Waals surface area contributed by atoms with Crippen LogP contribution in [0.2, 0.25) is 0 Å². The van der Waals surface area contributed by atoms with Gasteiger partial charge in [-0.15, -0.1) is 0 Å². The highest BCUT2D eigenvalue weighted by molar-refractivity contribution is 6.19. The van der Waals surface area contributed by atoms with Crippen LogP contribution >= 0.6 is 0 Å². The third-order valence-corrected chi connectivity index (χ3v) is 10.7. The van der Waals surface area contributed by atoms with Crippen LogP contribution in [0.25, 0.3) is 82.3 Å². The summed E-state index contributed by atoms with van der Waals surface area (Å²) in [6.07, 6.45) is 8.67. The fourth-order valence-electron chi connectivity index (χ4n) is 7.79. The lowest BCUT2D eigenvalue weighted by Gasteiger charge is -2.10. The van der Waals surface area contributed by atoms with Crippen LogP contribution in [0.5, 0.6) is 0 Å². The van der Waals surface area contributed by atoms with Gasteiger partial charge in [0.15, 0.2) is 5.84 Å². The maximum Gasteiger partial charge on any atom is 0.161 e. The van der Waals surface area contributed by atoms with Gasteiger partial charge in [-0.05, 0) is 88.6 Å². The zero-order valence-electron chi connectivity index (χ0n) is 31.1. The molecule has 10 aromatic rings. The highest BCUT2D eigenvalue weighted by Gasteiger charge is 2.17. The van der Waals surface area contributed by atoms with E-state index in [4.69, 9.17) is 20.0 Å². The molecule has 6 aromatic carbocycles. The minimum Gasteiger partial charge on any atom is -0.254 e. The van der Waals surface area contributed by atoms with Crippen molar-refractivity contribution in [1.82, 2.24) is 19.9 Å². The molecular weight excluding hydrogens is 735 g/mol. The van der Waals surface area contributed by atoms with Crippen LogP contribution < -0.4 is 0 Å². The van der Waals surface area contributed by atoms with Gasteiger partial charge >= 0.3 is 0 Å². The molecule has 0 radical (unpaired) electrons. The smallest absolute Gasteiger partial charge is 0.161 e. The van der Waals surface area contributed by atoms with Crippen molar-refractivity contribution in [3.8, 4) is 22.3 Å². The molecule has 0 spiro atoms. The number of pyridine rings is 4. The van der Waals surface area contributed by atoms with Gasteiger partial charge < -0.3 is 0 Å². The summed E-state index contributed by atoms with van der Waals surface area (Å²) in [5, 5.41) is 5.84. The minimum atomic E-state index is -0.442. The molecule has 0 fully saturated rings. The number of fused-ring (bicyclic) bond motifs is 7. The Labute approximate surface area is 336 Å². The molecule has 0 bridgehead atoms. The Morgan fingerprint density at radius 3 is 1.54 bits per heavy atom. The molecular formula is C51H28F2N6. The molecule has 0 saturated heterocycles. The number of amidine groups is 1. The summed E-state index contributed by atoms with van der Waals surface area (Å²) < 4.78 is 31.3. The third-order valence-electron chi connectivity index (χ3n) is 10.7. The molecule has 59 heavy (non-hydrogen) atoms. The Bertz CT molecular complexity index is 3530. The summed E-state index contributed by atoms with van der Waals surface area (Å²) in [4.78, 5) is 28.7. The lowest BCUT2D eigenvalue weighted by molar-refractivity contribution is 0.627. The second-order valence-corrected chi connectivity index (χ2v) is 14.5. The fourth-order valence-corrected chi connectivity index (χ4v) is 7.79. The summed E-state index contributed by atoms with van der Waals surface area (Å²) in [5.74, 6) is -0.506. The maximum absolute atomic E-state index is 15.6. The number of hydrogen-bond acceptors (Lipinski definition) is 6. The average molecular weight is 763 g/mol. The normalized spacial score (nSPS) is 12.9. The first-order valence-corrected chi connectivity index (χ1v) is 19.0. The van der Waals surface area contributed by atoms with Gasteiger partial charge in [0.05, 0.1) is 27.8 Å². The number of rotatable bonds is 5. The number of allylic oxidation sites excluding steroid dienone is 1. The van der Waals surface area contributed by atoms with E-state index in [1.165, 1.54) is 24.3 Å². The predicted octanol–water partition coefficient (Wildman–Crippen LogP) is 12.1. The van der Waals surface area contributed by atoms with Crippen molar-refractivity contribution >= 4 is 71.6 Å². The fraction of sp³-hybridized carbons (Fsp3) is 0. The highest BCUT2D eigenvalue weighted by atomic mass is 19.1. The first-order chi connectivity index (χ1) is 29.0. The van der Waals surface area contributed by atoms with Crippen molar-refractivity contribution in [2.45, 2.75) is 0 Å². The molecule has 276 valence electrons. The van der Waals surface area contributed by atoms with Crippen molar-refractivity contribution in [3.05, 3.63) is 204 Å². The first-order valence-electron chi connectivity index (χ1n) is 19.0. The van der Waals surface area contributed by atoms with Gasteiger partial charge in [0.1, 0.15) is 17.3 Å². The number of benzene rings is 6. The Kier molecular flexibility index (Phi) is 8.03. The predicted molar refractivity (Wildman–Crippen MR) is 233 cm³/mol. The molecule has 0 N–H and O–H groups in total. The van der Waals surface area contributed by atoms with E-state index in [9.17, 15) is 0 Å². The number of hydrogen-bond donors (Lipinski definition) is 0. The van der Waals surface area contributed by atoms with Gasteiger partial charge in [0.2, 0.25) is 0 Å². The quantitative estimate of drug-likeness (QED) is 0.129. The summed E-state index contributed by atoms with van der Waals surface area (Å²) in [6.45, 7) is 0. The van der Waals surface area contributed by atoms with Crippen molar-refractivity contribution < 1.29 is 8.78 Å². The van der Waals surface area contributed by atoms with Crippen LogP contribution in [0.15, 0.2) is 186 Å². The van der Waals surface area contributed by atoms with Crippen LogP contribution in [0, 0.1) is 11.6 Å². The van der Waals surface area contributed by atoms with E-state index < -0.39 is 11.6 Å². The van der Waals surface area contributed by atoms with Gasteiger partial charge in [-0.25, -0.2) is 18.8 Å². The lowest BCUT2D eigenvalue weighted by Crippen LogP contribution is -2.05. The monoisotopic (exact) mass is 762 g/mol. The molecule has 0 saturated carbocycles. The standard InChI is InChI=1S/C51H28F2N6/c52-43-24-37(41-20-34-12-10-31-7-3-17-54-47(31)49(34)56-28-41)22-39(26-43)45-15-16-46(59-51(58-45)36-14-9-30-5-1-2-6-33(30)19-36)40-23-38(25-44(53)27-40)42-21-35-13-11-32-8-4-18-55-48(32)50(35)57-29-42/h1-15,17-29H. The SMILES string of the molecule is Fc1cc(C2=C=CC(c3cc(F)cc(-c4cnc5c(ccc6cccnc65)c4)c3)=NC(c3ccc4ccccc4c3)=N2)cc(-c2cnc3c(ccc4cccnc43)c2)c1. The van der Waals surface area contributed by atoms with Crippen molar-refractivity contribution in [1.29, 1.82) is 0 Å². The van der Waals surface area contributed by atoms with Crippen molar-refractivity contribution in [2.75, 3.05) is 0 Å². The van der Waals surface area contributed by atoms with E-state index >= 15 is 8.78 Å². The van der Waals surface area contributed by atoms with Crippen LogP contribution in [0.1, 0.15) is 16.7 Å². The molecule has 1 aliphatic rings. The topological polar surface area (TPSA) is 76.3 Å². The van der Waals surface area contributed by atoms with Gasteiger partial charge in [-0.1, -0.05) is 78.5 Å². The zero-order valence-corrected chi connectivity index (χ0v) is 31.1. The molecule has 0 atom stereocenters. The van der Waals surface area contributed by atoms with E-state index in [-0.39, 0.29) is 0 Å². The number of halogens is 2. The molecule has 8 heteroatoms. The average Bonchev–Trinajstić information content (AvgIpc) is 3.52. The summed E-state index contributed by atoms with van der Waals surface area (Å²) in [6, 6.07) is 43.4. The Hall–Kier alpha value is -8.06. The van der Waals surface area contributed by atoms with Gasteiger partial charge in [0.25, 0.3) is 0 Å². The Morgan fingerprint density at radius 2 is 0.881 bits per heavy atom. The molecule has 6 nitrogen and oxygen atoms in total. The maximum atomic E-state index is 15.6. The number of nitrogens with zero attached hydrogens (tertiary/aromatic N) is 6. The molecule has 0 aliphatic carbocycles. The molecule has 0 unspecified atom stereocenters. The summed E-state index contributed by atoms with van der Waals surface area (Å²) in [7, 11) is 0. The lowest BCUT2D eigenvalue weighted by atomic mass is 9.99. The molecule has 4 aromatic heterocycles. The van der Waals surface area contributed by atoms with Gasteiger partial charge in [0, 0.05) is 80.2 Å². The van der Waals surface area contributed by atoms with E-state index in [0.717, 1.165) is 71.1 Å². The van der Waals surface area contributed by atoms with Crippen LogP contribution in [0.4, 0.5) is 8.78 Å². The number of aromatic nitrogens is 4. The Morgan fingerprint density at radius 1 is 0.373 bits per heavy atom. The van der Waals surface area contributed by atoms with Gasteiger partial charge in [-0.2, -0.15) is 0 Å². The van der Waals surface area contributed by atoms with Crippen LogP contribution in [-0.2, 0) is 0 Å². The second-order valence-electron chi connectivity index (χ2n) is 14.5. The first kappa shape index (κ1) is 34.2. The molecule has 11 rings (SSSR count). The summed E-state index contributed by atoms with van der Waals surface area (Å²) in [5.41, 5.74) is 11.8. The minimum absolute atomic E-state index is 0.368. The van der Waals surface area contributed by atoms with E-state index in [1.54, 1.807) is 30.9 Å². The Balaban J connectivity index is 1.04.